The van der Waals surface area contributed by atoms with Crippen molar-refractivity contribution in [1.82, 2.24) is 0 Å². The molecule has 2 aromatic carbocycles. The van der Waals surface area contributed by atoms with Crippen LogP contribution in [-0.4, -0.2) is 17.7 Å². The average Bonchev–Trinajstić information content (AvgIpc) is 2.52. The SMILES string of the molecule is CCCOc1ccc(N=Cc2cccc([N+](=O)[O-])c2)cc1. The van der Waals surface area contributed by atoms with Gasteiger partial charge in [-0.3, -0.25) is 15.1 Å². The molecule has 0 unspecified atom stereocenters. The molecule has 0 aromatic heterocycles. The maximum absolute atomic E-state index is 10.7. The van der Waals surface area contributed by atoms with Gasteiger partial charge in [0.1, 0.15) is 5.75 Å². The Morgan fingerprint density at radius 1 is 1.24 bits per heavy atom. The summed E-state index contributed by atoms with van der Waals surface area (Å²) in [5, 5.41) is 10.7. The van der Waals surface area contributed by atoms with Gasteiger partial charge in [-0.25, -0.2) is 0 Å². The largest absolute Gasteiger partial charge is 0.494 e. The molecule has 108 valence electrons. The second-order valence-corrected chi connectivity index (χ2v) is 4.45. The Kier molecular flexibility index (Phi) is 5.04. The lowest BCUT2D eigenvalue weighted by atomic mass is 10.2. The standard InChI is InChI=1S/C16H16N2O3/c1-2-10-21-16-8-6-14(7-9-16)17-12-13-4-3-5-15(11-13)18(19)20/h3-9,11-12H,2,10H2,1H3. The molecule has 5 nitrogen and oxygen atoms in total. The van der Waals surface area contributed by atoms with Crippen molar-refractivity contribution in [3.63, 3.8) is 0 Å². The Bertz CT molecular complexity index is 636. The zero-order valence-electron chi connectivity index (χ0n) is 11.7. The minimum absolute atomic E-state index is 0.0577. The maximum atomic E-state index is 10.7. The minimum Gasteiger partial charge on any atom is -0.494 e. The monoisotopic (exact) mass is 284 g/mol. The molecule has 5 heteroatoms. The van der Waals surface area contributed by atoms with Gasteiger partial charge in [0.25, 0.3) is 5.69 Å². The van der Waals surface area contributed by atoms with E-state index in [-0.39, 0.29) is 5.69 Å². The lowest BCUT2D eigenvalue weighted by Crippen LogP contribution is -1.93. The van der Waals surface area contributed by atoms with E-state index in [1.165, 1.54) is 12.1 Å². The number of nitro groups is 1. The third-order valence-electron chi connectivity index (χ3n) is 2.75. The second kappa shape index (κ2) is 7.19. The summed E-state index contributed by atoms with van der Waals surface area (Å²) >= 11 is 0. The Morgan fingerprint density at radius 2 is 2.00 bits per heavy atom. The lowest BCUT2D eigenvalue weighted by molar-refractivity contribution is -0.384. The summed E-state index contributed by atoms with van der Waals surface area (Å²) in [5.74, 6) is 0.811. The summed E-state index contributed by atoms with van der Waals surface area (Å²) in [6, 6.07) is 13.8. The van der Waals surface area contributed by atoms with Crippen LogP contribution in [0.3, 0.4) is 0 Å². The first-order valence-electron chi connectivity index (χ1n) is 6.70. The number of rotatable bonds is 6. The molecule has 0 spiro atoms. The molecule has 0 radical (unpaired) electrons. The van der Waals surface area contributed by atoms with Crippen molar-refractivity contribution < 1.29 is 9.66 Å². The normalized spacial score (nSPS) is 10.7. The molecule has 0 amide bonds. The van der Waals surface area contributed by atoms with Gasteiger partial charge in [0.15, 0.2) is 0 Å². The van der Waals surface area contributed by atoms with Gasteiger partial charge in [0.05, 0.1) is 17.2 Å². The molecule has 0 saturated heterocycles. The van der Waals surface area contributed by atoms with Crippen molar-refractivity contribution in [2.24, 2.45) is 4.99 Å². The van der Waals surface area contributed by atoms with Crippen LogP contribution in [0.2, 0.25) is 0 Å². The Hall–Kier alpha value is -2.69. The highest BCUT2D eigenvalue weighted by Gasteiger charge is 2.03. The number of hydrogen-bond acceptors (Lipinski definition) is 4. The average molecular weight is 284 g/mol. The molecule has 0 atom stereocenters. The van der Waals surface area contributed by atoms with Gasteiger partial charge in [-0.2, -0.15) is 0 Å². The van der Waals surface area contributed by atoms with Gasteiger partial charge in [-0.15, -0.1) is 0 Å². The van der Waals surface area contributed by atoms with Crippen molar-refractivity contribution in [1.29, 1.82) is 0 Å². The number of nitro benzene ring substituents is 1. The number of hydrogen-bond donors (Lipinski definition) is 0. The predicted octanol–water partition coefficient (Wildman–Crippen LogP) is 4.13. The molecule has 0 aliphatic carbocycles. The zero-order chi connectivity index (χ0) is 15.1. The van der Waals surface area contributed by atoms with Gasteiger partial charge < -0.3 is 4.74 Å². The first kappa shape index (κ1) is 14.7. The predicted molar refractivity (Wildman–Crippen MR) is 82.6 cm³/mol. The Balaban J connectivity index is 2.06. The molecule has 0 aliphatic heterocycles. The number of nitrogens with zero attached hydrogens (tertiary/aromatic N) is 2. The molecule has 0 N–H and O–H groups in total. The number of ether oxygens (including phenoxy) is 1. The van der Waals surface area contributed by atoms with Crippen LogP contribution in [0.4, 0.5) is 11.4 Å². The highest BCUT2D eigenvalue weighted by molar-refractivity contribution is 5.82. The van der Waals surface area contributed by atoms with Crippen LogP contribution >= 0.6 is 0 Å². The van der Waals surface area contributed by atoms with Gasteiger partial charge in [-0.05, 0) is 36.2 Å². The molecule has 2 rings (SSSR count). The fourth-order valence-electron chi connectivity index (χ4n) is 1.72. The summed E-state index contributed by atoms with van der Waals surface area (Å²) in [4.78, 5) is 14.6. The molecule has 0 fully saturated rings. The number of aliphatic imine (C=N–C) groups is 1. The third-order valence-corrected chi connectivity index (χ3v) is 2.75. The lowest BCUT2D eigenvalue weighted by Gasteiger charge is -2.03. The summed E-state index contributed by atoms with van der Waals surface area (Å²) in [7, 11) is 0. The van der Waals surface area contributed by atoms with E-state index in [4.69, 9.17) is 4.74 Å². The van der Waals surface area contributed by atoms with Crippen LogP contribution in [0.5, 0.6) is 5.75 Å². The molecule has 0 heterocycles. The Labute approximate surface area is 123 Å². The maximum Gasteiger partial charge on any atom is 0.270 e. The molecule has 2 aromatic rings. The van der Waals surface area contributed by atoms with Crippen LogP contribution in [0.15, 0.2) is 53.5 Å². The van der Waals surface area contributed by atoms with Crippen LogP contribution in [-0.2, 0) is 0 Å². The molecular weight excluding hydrogens is 268 g/mol. The topological polar surface area (TPSA) is 64.7 Å². The van der Waals surface area contributed by atoms with E-state index in [1.807, 2.05) is 24.3 Å². The quantitative estimate of drug-likeness (QED) is 0.455. The van der Waals surface area contributed by atoms with E-state index in [2.05, 4.69) is 11.9 Å². The summed E-state index contributed by atoms with van der Waals surface area (Å²) < 4.78 is 5.49. The van der Waals surface area contributed by atoms with E-state index in [0.29, 0.717) is 12.2 Å². The van der Waals surface area contributed by atoms with Crippen molar-refractivity contribution in [2.45, 2.75) is 13.3 Å². The zero-order valence-corrected chi connectivity index (χ0v) is 11.7. The highest BCUT2D eigenvalue weighted by Crippen LogP contribution is 2.19. The van der Waals surface area contributed by atoms with Gasteiger partial charge in [-0.1, -0.05) is 19.1 Å². The van der Waals surface area contributed by atoms with Crippen LogP contribution < -0.4 is 4.74 Å². The first-order valence-corrected chi connectivity index (χ1v) is 6.70. The second-order valence-electron chi connectivity index (χ2n) is 4.45. The van der Waals surface area contributed by atoms with E-state index < -0.39 is 4.92 Å². The molecule has 0 bridgehead atoms. The van der Waals surface area contributed by atoms with E-state index >= 15 is 0 Å². The van der Waals surface area contributed by atoms with E-state index in [1.54, 1.807) is 18.3 Å². The molecular formula is C16H16N2O3. The number of benzene rings is 2. The van der Waals surface area contributed by atoms with Crippen LogP contribution in [0, 0.1) is 10.1 Å². The van der Waals surface area contributed by atoms with Crippen LogP contribution in [0.25, 0.3) is 0 Å². The van der Waals surface area contributed by atoms with Crippen molar-refractivity contribution in [3.05, 3.63) is 64.2 Å². The van der Waals surface area contributed by atoms with Crippen molar-refractivity contribution >= 4 is 17.6 Å². The fraction of sp³-hybridized carbons (Fsp3) is 0.188. The van der Waals surface area contributed by atoms with Gasteiger partial charge in [0.2, 0.25) is 0 Å². The summed E-state index contributed by atoms with van der Waals surface area (Å²) in [6.45, 7) is 2.74. The van der Waals surface area contributed by atoms with Gasteiger partial charge in [0, 0.05) is 18.3 Å². The Morgan fingerprint density at radius 3 is 2.67 bits per heavy atom. The smallest absolute Gasteiger partial charge is 0.270 e. The van der Waals surface area contributed by atoms with E-state index in [0.717, 1.165) is 17.9 Å². The first-order chi connectivity index (χ1) is 10.2. The third kappa shape index (κ3) is 4.42. The summed E-state index contributed by atoms with van der Waals surface area (Å²) in [6.07, 6.45) is 2.57. The highest BCUT2D eigenvalue weighted by atomic mass is 16.6. The fourth-order valence-corrected chi connectivity index (χ4v) is 1.72. The van der Waals surface area contributed by atoms with E-state index in [9.17, 15) is 10.1 Å². The summed E-state index contributed by atoms with van der Waals surface area (Å²) in [5.41, 5.74) is 1.52. The van der Waals surface area contributed by atoms with Gasteiger partial charge >= 0.3 is 0 Å². The molecule has 0 saturated carbocycles. The molecule has 0 aliphatic rings. The minimum atomic E-state index is -0.419. The number of non-ortho nitro benzene ring substituents is 1. The van der Waals surface area contributed by atoms with Crippen molar-refractivity contribution in [3.8, 4) is 5.75 Å². The molecule has 21 heavy (non-hydrogen) atoms. The van der Waals surface area contributed by atoms with Crippen molar-refractivity contribution in [2.75, 3.05) is 6.61 Å². The van der Waals surface area contributed by atoms with Crippen LogP contribution in [0.1, 0.15) is 18.9 Å².